The van der Waals surface area contributed by atoms with Gasteiger partial charge in [-0.05, 0) is 42.0 Å². The van der Waals surface area contributed by atoms with E-state index >= 15 is 0 Å². The first-order valence-corrected chi connectivity index (χ1v) is 8.86. The Bertz CT molecular complexity index is 1080. The minimum atomic E-state index is -4.92. The number of amides is 1. The summed E-state index contributed by atoms with van der Waals surface area (Å²) < 4.78 is 84.1. The maximum atomic E-state index is 13.6. The van der Waals surface area contributed by atoms with Crippen molar-refractivity contribution in [3.63, 3.8) is 0 Å². The van der Waals surface area contributed by atoms with Gasteiger partial charge in [0.25, 0.3) is 0 Å². The van der Waals surface area contributed by atoms with Gasteiger partial charge in [0.05, 0.1) is 17.4 Å². The van der Waals surface area contributed by atoms with Crippen molar-refractivity contribution in [3.05, 3.63) is 76.6 Å². The Kier molecular flexibility index (Phi) is 6.16. The lowest BCUT2D eigenvalue weighted by molar-refractivity contribution is -0.143. The number of benzene rings is 2. The van der Waals surface area contributed by atoms with E-state index in [1.807, 2.05) is 0 Å². The number of ether oxygens (including phenoxy) is 1. The van der Waals surface area contributed by atoms with Crippen LogP contribution in [0.4, 0.5) is 31.1 Å². The summed E-state index contributed by atoms with van der Waals surface area (Å²) >= 11 is 5.73. The Labute approximate surface area is 176 Å². The first-order valence-electron chi connectivity index (χ1n) is 8.48. The molecule has 0 aliphatic rings. The van der Waals surface area contributed by atoms with Gasteiger partial charge in [0.1, 0.15) is 0 Å². The zero-order chi connectivity index (χ0) is 22.8. The van der Waals surface area contributed by atoms with Crippen molar-refractivity contribution < 1.29 is 35.9 Å². The molecular weight excluding hydrogens is 452 g/mol. The van der Waals surface area contributed by atoms with E-state index in [9.17, 15) is 31.1 Å². The molecule has 1 heterocycles. The van der Waals surface area contributed by atoms with Gasteiger partial charge in [-0.1, -0.05) is 23.7 Å². The Balaban J connectivity index is 1.77. The highest BCUT2D eigenvalue weighted by atomic mass is 35.5. The van der Waals surface area contributed by atoms with E-state index in [0.29, 0.717) is 15.9 Å². The van der Waals surface area contributed by atoms with Gasteiger partial charge < -0.3 is 10.1 Å². The second-order valence-corrected chi connectivity index (χ2v) is 6.62. The molecule has 0 spiro atoms. The number of alkyl halides is 6. The number of hydrogen-bond acceptors (Lipinski definition) is 3. The standard InChI is InChI=1S/C19H12ClF6N3O2/c20-13-4-6-14(7-5-13)29-16(19(24,25)26)15(10-28-29)31-17(30)27-9-11-2-1-3-12(8-11)18(21,22)23/h1-8,10H,9H2,(H,27,30). The van der Waals surface area contributed by atoms with Gasteiger partial charge in [0.15, 0.2) is 11.4 Å². The van der Waals surface area contributed by atoms with Crippen molar-refractivity contribution in [1.82, 2.24) is 15.1 Å². The highest BCUT2D eigenvalue weighted by Gasteiger charge is 2.40. The van der Waals surface area contributed by atoms with Gasteiger partial charge in [-0.15, -0.1) is 0 Å². The van der Waals surface area contributed by atoms with Crippen LogP contribution in [0.25, 0.3) is 5.69 Å². The van der Waals surface area contributed by atoms with E-state index < -0.39 is 42.0 Å². The number of aromatic nitrogens is 2. The molecule has 0 fully saturated rings. The molecule has 2 aromatic carbocycles. The number of hydrogen-bond donors (Lipinski definition) is 1. The summed E-state index contributed by atoms with van der Waals surface area (Å²) in [5, 5.41) is 6.03. The molecule has 0 atom stereocenters. The van der Waals surface area contributed by atoms with Crippen molar-refractivity contribution in [2.45, 2.75) is 18.9 Å². The highest BCUT2D eigenvalue weighted by Crippen LogP contribution is 2.37. The Morgan fingerprint density at radius 3 is 2.32 bits per heavy atom. The minimum Gasteiger partial charge on any atom is -0.406 e. The van der Waals surface area contributed by atoms with E-state index in [1.165, 1.54) is 30.3 Å². The van der Waals surface area contributed by atoms with E-state index in [-0.39, 0.29) is 11.3 Å². The minimum absolute atomic E-state index is 0.0240. The highest BCUT2D eigenvalue weighted by molar-refractivity contribution is 6.30. The average Bonchev–Trinajstić information content (AvgIpc) is 3.10. The van der Waals surface area contributed by atoms with Crippen LogP contribution in [-0.2, 0) is 18.9 Å². The predicted octanol–water partition coefficient (Wildman–Crippen LogP) is 5.85. The summed E-state index contributed by atoms with van der Waals surface area (Å²) in [7, 11) is 0. The summed E-state index contributed by atoms with van der Waals surface area (Å²) in [4.78, 5) is 12.0. The molecular formula is C19H12ClF6N3O2. The van der Waals surface area contributed by atoms with E-state index in [1.54, 1.807) is 0 Å². The smallest absolute Gasteiger partial charge is 0.406 e. The van der Waals surface area contributed by atoms with Crippen LogP contribution in [0.5, 0.6) is 5.75 Å². The van der Waals surface area contributed by atoms with E-state index in [2.05, 4.69) is 10.4 Å². The molecule has 1 aromatic heterocycles. The number of carbonyl (C=O) groups is 1. The van der Waals surface area contributed by atoms with Crippen molar-refractivity contribution >= 4 is 17.7 Å². The van der Waals surface area contributed by atoms with Gasteiger partial charge in [0, 0.05) is 11.6 Å². The molecule has 1 amide bonds. The molecule has 3 aromatic rings. The van der Waals surface area contributed by atoms with E-state index in [0.717, 1.165) is 18.2 Å². The van der Waals surface area contributed by atoms with Crippen LogP contribution in [0.2, 0.25) is 5.02 Å². The predicted molar refractivity (Wildman–Crippen MR) is 97.9 cm³/mol. The van der Waals surface area contributed by atoms with Crippen molar-refractivity contribution in [2.75, 3.05) is 0 Å². The summed E-state index contributed by atoms with van der Waals surface area (Å²) in [6, 6.07) is 9.42. The van der Waals surface area contributed by atoms with Gasteiger partial charge in [-0.2, -0.15) is 31.4 Å². The van der Waals surface area contributed by atoms with Gasteiger partial charge in [-0.25, -0.2) is 9.48 Å². The fourth-order valence-corrected chi connectivity index (χ4v) is 2.74. The molecule has 0 bridgehead atoms. The zero-order valence-electron chi connectivity index (χ0n) is 15.3. The summed E-state index contributed by atoms with van der Waals surface area (Å²) in [6.45, 7) is -0.393. The lowest BCUT2D eigenvalue weighted by Crippen LogP contribution is -2.27. The SMILES string of the molecule is O=C(NCc1cccc(C(F)(F)F)c1)Oc1cnn(-c2ccc(Cl)cc2)c1C(F)(F)F. The lowest BCUT2D eigenvalue weighted by atomic mass is 10.1. The molecule has 31 heavy (non-hydrogen) atoms. The third-order valence-corrected chi connectivity index (χ3v) is 4.22. The molecule has 3 rings (SSSR count). The van der Waals surface area contributed by atoms with E-state index in [4.69, 9.17) is 16.3 Å². The number of rotatable bonds is 4. The Morgan fingerprint density at radius 1 is 1.03 bits per heavy atom. The molecule has 0 aliphatic carbocycles. The molecule has 0 aliphatic heterocycles. The van der Waals surface area contributed by atoms with Crippen LogP contribution in [0, 0.1) is 0 Å². The Morgan fingerprint density at radius 2 is 1.71 bits per heavy atom. The summed E-state index contributed by atoms with van der Waals surface area (Å²) in [5.74, 6) is -0.871. The largest absolute Gasteiger partial charge is 0.437 e. The topological polar surface area (TPSA) is 56.1 Å². The summed E-state index contributed by atoms with van der Waals surface area (Å²) in [6.07, 6.45) is -10.1. The number of nitrogens with one attached hydrogen (secondary N) is 1. The first kappa shape index (κ1) is 22.5. The zero-order valence-corrected chi connectivity index (χ0v) is 16.0. The van der Waals surface area contributed by atoms with Crippen LogP contribution in [0.15, 0.2) is 54.7 Å². The van der Waals surface area contributed by atoms with Crippen molar-refractivity contribution in [1.29, 1.82) is 0 Å². The fraction of sp³-hybridized carbons (Fsp3) is 0.158. The van der Waals surface area contributed by atoms with Gasteiger partial charge >= 0.3 is 18.4 Å². The molecule has 0 saturated heterocycles. The molecule has 0 radical (unpaired) electrons. The monoisotopic (exact) mass is 463 g/mol. The molecule has 1 N–H and O–H groups in total. The van der Waals surface area contributed by atoms with Gasteiger partial charge in [0.2, 0.25) is 0 Å². The average molecular weight is 464 g/mol. The molecule has 0 saturated carbocycles. The second-order valence-electron chi connectivity index (χ2n) is 6.18. The third kappa shape index (κ3) is 5.48. The maximum Gasteiger partial charge on any atom is 0.437 e. The maximum absolute atomic E-state index is 13.6. The quantitative estimate of drug-likeness (QED) is 0.494. The second kappa shape index (κ2) is 8.50. The van der Waals surface area contributed by atoms with Crippen LogP contribution in [0.1, 0.15) is 16.8 Å². The number of nitrogens with zero attached hydrogens (tertiary/aromatic N) is 2. The van der Waals surface area contributed by atoms with Crippen LogP contribution >= 0.6 is 11.6 Å². The molecule has 12 heteroatoms. The van der Waals surface area contributed by atoms with Crippen molar-refractivity contribution in [3.8, 4) is 11.4 Å². The normalized spacial score (nSPS) is 12.0. The van der Waals surface area contributed by atoms with Gasteiger partial charge in [-0.3, -0.25) is 0 Å². The molecule has 0 unspecified atom stereocenters. The Hall–Kier alpha value is -3.21. The number of carbonyl (C=O) groups excluding carboxylic acids is 1. The molecule has 5 nitrogen and oxygen atoms in total. The van der Waals surface area contributed by atoms with Crippen molar-refractivity contribution in [2.24, 2.45) is 0 Å². The number of halogens is 7. The molecule has 164 valence electrons. The van der Waals surface area contributed by atoms with Crippen LogP contribution in [0.3, 0.4) is 0 Å². The first-order chi connectivity index (χ1) is 14.4. The summed E-state index contributed by atoms with van der Waals surface area (Å²) in [5.41, 5.74) is -2.16. The van der Waals surface area contributed by atoms with Crippen LogP contribution in [-0.4, -0.2) is 15.9 Å². The third-order valence-electron chi connectivity index (χ3n) is 3.97. The lowest BCUT2D eigenvalue weighted by Gasteiger charge is -2.13. The fourth-order valence-electron chi connectivity index (χ4n) is 2.61. The van der Waals surface area contributed by atoms with Crippen LogP contribution < -0.4 is 10.1 Å².